The third kappa shape index (κ3) is 2.93. The molecule has 3 heteroatoms. The molecule has 2 aliphatic heterocycles. The molecule has 2 rings (SSSR count). The second kappa shape index (κ2) is 5.74. The molecule has 2 heterocycles. The van der Waals surface area contributed by atoms with E-state index in [2.05, 4.69) is 35.8 Å². The van der Waals surface area contributed by atoms with Crippen molar-refractivity contribution in [1.29, 1.82) is 0 Å². The number of nitrogens with one attached hydrogen (secondary N) is 1. The molecule has 0 bridgehead atoms. The number of hydrogen-bond acceptors (Lipinski definition) is 3. The van der Waals surface area contributed by atoms with Gasteiger partial charge in [0.25, 0.3) is 0 Å². The zero-order chi connectivity index (χ0) is 11.4. The third-order valence-electron chi connectivity index (χ3n) is 4.21. The summed E-state index contributed by atoms with van der Waals surface area (Å²) in [5, 5.41) is 4.63. The number of rotatable bonds is 4. The number of nitrogens with zero attached hydrogens (tertiary/aromatic N) is 1. The maximum absolute atomic E-state index is 3.75. The van der Waals surface area contributed by atoms with Gasteiger partial charge in [-0.15, -0.1) is 0 Å². The lowest BCUT2D eigenvalue weighted by Crippen LogP contribution is -2.52. The Morgan fingerprint density at radius 2 is 2.31 bits per heavy atom. The lowest BCUT2D eigenvalue weighted by Gasteiger charge is -2.39. The van der Waals surface area contributed by atoms with Crippen LogP contribution in [-0.2, 0) is 0 Å². The van der Waals surface area contributed by atoms with Crippen LogP contribution in [0.2, 0.25) is 0 Å². The van der Waals surface area contributed by atoms with Gasteiger partial charge in [-0.1, -0.05) is 13.8 Å². The van der Waals surface area contributed by atoms with Gasteiger partial charge >= 0.3 is 0 Å². The van der Waals surface area contributed by atoms with Gasteiger partial charge in [-0.3, -0.25) is 4.90 Å². The Hall–Kier alpha value is 0.270. The highest BCUT2D eigenvalue weighted by molar-refractivity contribution is 8.00. The summed E-state index contributed by atoms with van der Waals surface area (Å²) in [5.41, 5.74) is 0.445. The zero-order valence-electron chi connectivity index (χ0n) is 10.8. The van der Waals surface area contributed by atoms with Gasteiger partial charge in [0.05, 0.1) is 0 Å². The summed E-state index contributed by atoms with van der Waals surface area (Å²) in [6.45, 7) is 9.78. The van der Waals surface area contributed by atoms with Gasteiger partial charge in [-0.25, -0.2) is 0 Å². The van der Waals surface area contributed by atoms with Gasteiger partial charge in [0.1, 0.15) is 0 Å². The summed E-state index contributed by atoms with van der Waals surface area (Å²) in [5.74, 6) is 1.33. The summed E-state index contributed by atoms with van der Waals surface area (Å²) < 4.78 is 0. The molecule has 0 aromatic rings. The van der Waals surface area contributed by atoms with Gasteiger partial charge in [0.15, 0.2) is 0 Å². The molecule has 2 nitrogen and oxygen atoms in total. The van der Waals surface area contributed by atoms with Crippen LogP contribution in [0.5, 0.6) is 0 Å². The predicted molar refractivity (Wildman–Crippen MR) is 73.2 cm³/mol. The minimum absolute atomic E-state index is 0.445. The third-order valence-corrected chi connectivity index (χ3v) is 5.59. The first-order valence-corrected chi connectivity index (χ1v) is 7.92. The second-order valence-corrected chi connectivity index (χ2v) is 6.71. The van der Waals surface area contributed by atoms with Crippen LogP contribution in [0, 0.1) is 0 Å². The predicted octanol–water partition coefficient (Wildman–Crippen LogP) is 2.35. The highest BCUT2D eigenvalue weighted by Gasteiger charge is 2.34. The van der Waals surface area contributed by atoms with Crippen LogP contribution in [0.3, 0.4) is 0 Å². The molecule has 2 atom stereocenters. The monoisotopic (exact) mass is 242 g/mol. The Bertz CT molecular complexity index is 214. The van der Waals surface area contributed by atoms with E-state index < -0.39 is 0 Å². The van der Waals surface area contributed by atoms with Crippen molar-refractivity contribution in [2.24, 2.45) is 0 Å². The quantitative estimate of drug-likeness (QED) is 0.815. The molecular formula is C13H26N2S. The van der Waals surface area contributed by atoms with E-state index in [-0.39, 0.29) is 0 Å². The van der Waals surface area contributed by atoms with E-state index >= 15 is 0 Å². The molecule has 0 aromatic heterocycles. The average molecular weight is 242 g/mol. The summed E-state index contributed by atoms with van der Waals surface area (Å²) in [7, 11) is 0. The maximum Gasteiger partial charge on any atom is 0.0306 e. The molecule has 0 aromatic carbocycles. The van der Waals surface area contributed by atoms with E-state index in [0.717, 1.165) is 5.25 Å². The summed E-state index contributed by atoms with van der Waals surface area (Å²) >= 11 is 2.17. The first-order valence-electron chi connectivity index (χ1n) is 6.87. The Morgan fingerprint density at radius 1 is 1.44 bits per heavy atom. The van der Waals surface area contributed by atoms with Crippen molar-refractivity contribution < 1.29 is 0 Å². The van der Waals surface area contributed by atoms with Gasteiger partial charge < -0.3 is 5.32 Å². The molecule has 16 heavy (non-hydrogen) atoms. The van der Waals surface area contributed by atoms with Gasteiger partial charge in [-0.05, 0) is 32.2 Å². The first kappa shape index (κ1) is 12.7. The van der Waals surface area contributed by atoms with E-state index in [4.69, 9.17) is 0 Å². The molecule has 0 aliphatic carbocycles. The largest absolute Gasteiger partial charge is 0.310 e. The molecule has 1 N–H and O–H groups in total. The molecule has 0 amide bonds. The van der Waals surface area contributed by atoms with E-state index in [9.17, 15) is 0 Å². The molecule has 2 unspecified atom stereocenters. The Kier molecular flexibility index (Phi) is 4.57. The van der Waals surface area contributed by atoms with Crippen molar-refractivity contribution in [3.8, 4) is 0 Å². The zero-order valence-corrected chi connectivity index (χ0v) is 11.6. The molecule has 0 spiro atoms. The molecule has 0 radical (unpaired) electrons. The minimum atomic E-state index is 0.445. The van der Waals surface area contributed by atoms with Gasteiger partial charge in [0.2, 0.25) is 0 Å². The number of thioether (sulfide) groups is 1. The normalized spacial score (nSPS) is 36.8. The molecular weight excluding hydrogens is 216 g/mol. The summed E-state index contributed by atoms with van der Waals surface area (Å²) in [6, 6.07) is 0. The minimum Gasteiger partial charge on any atom is -0.310 e. The number of hydrogen-bond donors (Lipinski definition) is 1. The van der Waals surface area contributed by atoms with Crippen LogP contribution in [0.25, 0.3) is 0 Å². The van der Waals surface area contributed by atoms with Crippen molar-refractivity contribution in [3.63, 3.8) is 0 Å². The van der Waals surface area contributed by atoms with Crippen molar-refractivity contribution >= 4 is 11.8 Å². The summed E-state index contributed by atoms with van der Waals surface area (Å²) in [6.07, 6.45) is 5.36. The molecule has 94 valence electrons. The van der Waals surface area contributed by atoms with Gasteiger partial charge in [-0.2, -0.15) is 11.8 Å². The van der Waals surface area contributed by atoms with Crippen molar-refractivity contribution in [2.75, 3.05) is 31.9 Å². The van der Waals surface area contributed by atoms with Crippen LogP contribution >= 0.6 is 11.8 Å². The van der Waals surface area contributed by atoms with Crippen molar-refractivity contribution in [1.82, 2.24) is 10.2 Å². The highest BCUT2D eigenvalue weighted by Crippen LogP contribution is 2.27. The van der Waals surface area contributed by atoms with Crippen LogP contribution in [0.1, 0.15) is 39.5 Å². The highest BCUT2D eigenvalue weighted by atomic mass is 32.2. The van der Waals surface area contributed by atoms with Crippen LogP contribution in [0.15, 0.2) is 0 Å². The summed E-state index contributed by atoms with van der Waals surface area (Å²) in [4.78, 5) is 2.70. The van der Waals surface area contributed by atoms with Gasteiger partial charge in [0, 0.05) is 36.2 Å². The molecule has 2 aliphatic rings. The lowest BCUT2D eigenvalue weighted by atomic mass is 9.93. The lowest BCUT2D eigenvalue weighted by molar-refractivity contribution is 0.192. The molecule has 2 saturated heterocycles. The standard InChI is InChI=1S/C13H26N2S/c1-3-12-10-15(8-9-16-12)11-13(4-2)6-5-7-14-13/h12,14H,3-11H2,1-2H3. The Labute approximate surface area is 105 Å². The van der Waals surface area contributed by atoms with Crippen LogP contribution in [-0.4, -0.2) is 47.6 Å². The molecule has 2 fully saturated rings. The fourth-order valence-electron chi connectivity index (χ4n) is 3.02. The maximum atomic E-state index is 3.75. The van der Waals surface area contributed by atoms with E-state index in [0.29, 0.717) is 5.54 Å². The van der Waals surface area contributed by atoms with E-state index in [1.165, 1.54) is 57.6 Å². The Balaban J connectivity index is 1.87. The van der Waals surface area contributed by atoms with Crippen LogP contribution in [0.4, 0.5) is 0 Å². The second-order valence-electron chi connectivity index (χ2n) is 5.30. The molecule has 0 saturated carbocycles. The SMILES string of the molecule is CCC1CN(CC2(CC)CCCN2)CCS1. The fourth-order valence-corrected chi connectivity index (χ4v) is 4.27. The van der Waals surface area contributed by atoms with Crippen molar-refractivity contribution in [2.45, 2.75) is 50.3 Å². The van der Waals surface area contributed by atoms with E-state index in [1.54, 1.807) is 0 Å². The topological polar surface area (TPSA) is 15.3 Å². The smallest absolute Gasteiger partial charge is 0.0306 e. The van der Waals surface area contributed by atoms with Crippen molar-refractivity contribution in [3.05, 3.63) is 0 Å². The van der Waals surface area contributed by atoms with Crippen LogP contribution < -0.4 is 5.32 Å². The average Bonchev–Trinajstić information content (AvgIpc) is 2.78. The fraction of sp³-hybridized carbons (Fsp3) is 1.00. The Morgan fingerprint density at radius 3 is 2.94 bits per heavy atom. The first-order chi connectivity index (χ1) is 7.78. The van der Waals surface area contributed by atoms with E-state index in [1.807, 2.05) is 0 Å².